The molecule has 2 aromatic rings. The highest BCUT2D eigenvalue weighted by atomic mass is 35.5. The van der Waals surface area contributed by atoms with Crippen molar-refractivity contribution in [2.24, 2.45) is 5.92 Å². The second kappa shape index (κ2) is 6.71. The minimum absolute atomic E-state index is 0.0431. The van der Waals surface area contributed by atoms with Crippen LogP contribution in [0.5, 0.6) is 0 Å². The van der Waals surface area contributed by atoms with Gasteiger partial charge in [0.05, 0.1) is 5.56 Å². The second-order valence-electron chi connectivity index (χ2n) is 6.32. The van der Waals surface area contributed by atoms with Crippen molar-refractivity contribution in [1.82, 2.24) is 4.90 Å². The summed E-state index contributed by atoms with van der Waals surface area (Å²) in [7, 11) is 1.54. The molecule has 0 bridgehead atoms. The normalized spacial score (nSPS) is 19.6. The van der Waals surface area contributed by atoms with E-state index >= 15 is 0 Å². The first-order chi connectivity index (χ1) is 11.8. The summed E-state index contributed by atoms with van der Waals surface area (Å²) in [5.41, 5.74) is 0.320. The maximum absolute atomic E-state index is 13.1. The van der Waals surface area contributed by atoms with Gasteiger partial charge in [0.1, 0.15) is 0 Å². The SMILES string of the molecule is CN(Cc1ccccc1C(F)(F)F)C(=O)C1CC1c1ccccc1Cl. The van der Waals surface area contributed by atoms with Crippen LogP contribution in [0.4, 0.5) is 13.2 Å². The van der Waals surface area contributed by atoms with Gasteiger partial charge in [0.25, 0.3) is 0 Å². The van der Waals surface area contributed by atoms with Crippen molar-refractivity contribution in [3.05, 3.63) is 70.2 Å². The number of rotatable bonds is 4. The Hall–Kier alpha value is -2.01. The monoisotopic (exact) mass is 367 g/mol. The summed E-state index contributed by atoms with van der Waals surface area (Å²) >= 11 is 6.16. The molecule has 0 aliphatic heterocycles. The number of carbonyl (C=O) groups excluding carboxylic acids is 1. The van der Waals surface area contributed by atoms with Crippen molar-refractivity contribution < 1.29 is 18.0 Å². The zero-order valence-electron chi connectivity index (χ0n) is 13.6. The van der Waals surface area contributed by atoms with Crippen LogP contribution < -0.4 is 0 Å². The molecule has 1 amide bonds. The third kappa shape index (κ3) is 3.82. The van der Waals surface area contributed by atoms with Crippen molar-refractivity contribution in [3.8, 4) is 0 Å². The van der Waals surface area contributed by atoms with Crippen LogP contribution >= 0.6 is 11.6 Å². The lowest BCUT2D eigenvalue weighted by Gasteiger charge is -2.20. The van der Waals surface area contributed by atoms with Crippen molar-refractivity contribution in [2.75, 3.05) is 7.05 Å². The molecule has 1 saturated carbocycles. The van der Waals surface area contributed by atoms with E-state index in [1.54, 1.807) is 12.1 Å². The fraction of sp³-hybridized carbons (Fsp3) is 0.316. The van der Waals surface area contributed by atoms with Gasteiger partial charge in [0.2, 0.25) is 5.91 Å². The predicted octanol–water partition coefficient (Wildman–Crippen LogP) is 5.12. The molecule has 0 aromatic heterocycles. The highest BCUT2D eigenvalue weighted by Gasteiger charge is 2.46. The van der Waals surface area contributed by atoms with Gasteiger partial charge >= 0.3 is 6.18 Å². The van der Waals surface area contributed by atoms with Crippen molar-refractivity contribution in [2.45, 2.75) is 25.1 Å². The minimum Gasteiger partial charge on any atom is -0.341 e. The minimum atomic E-state index is -4.43. The van der Waals surface area contributed by atoms with Gasteiger partial charge in [0, 0.05) is 24.5 Å². The van der Waals surface area contributed by atoms with Gasteiger partial charge in [-0.05, 0) is 35.6 Å². The molecule has 0 saturated heterocycles. The molecule has 0 N–H and O–H groups in total. The van der Waals surface area contributed by atoms with Crippen molar-refractivity contribution in [1.29, 1.82) is 0 Å². The first-order valence-corrected chi connectivity index (χ1v) is 8.31. The molecule has 132 valence electrons. The van der Waals surface area contributed by atoms with E-state index in [1.165, 1.54) is 24.1 Å². The van der Waals surface area contributed by atoms with E-state index in [2.05, 4.69) is 0 Å². The Morgan fingerprint density at radius 1 is 1.16 bits per heavy atom. The van der Waals surface area contributed by atoms with Gasteiger partial charge in [0.15, 0.2) is 0 Å². The zero-order chi connectivity index (χ0) is 18.2. The van der Waals surface area contributed by atoms with Crippen LogP contribution in [0.3, 0.4) is 0 Å². The molecule has 2 unspecified atom stereocenters. The van der Waals surface area contributed by atoms with Crippen LogP contribution in [0.1, 0.15) is 29.0 Å². The maximum Gasteiger partial charge on any atom is 0.416 e. The van der Waals surface area contributed by atoms with Crippen molar-refractivity contribution in [3.63, 3.8) is 0 Å². The number of amides is 1. The highest BCUT2D eigenvalue weighted by Crippen LogP contribution is 2.50. The zero-order valence-corrected chi connectivity index (χ0v) is 14.3. The van der Waals surface area contributed by atoms with Crippen molar-refractivity contribution >= 4 is 17.5 Å². The van der Waals surface area contributed by atoms with Gasteiger partial charge in [-0.1, -0.05) is 48.0 Å². The number of nitrogens with zero attached hydrogens (tertiary/aromatic N) is 1. The van der Waals surface area contributed by atoms with E-state index < -0.39 is 11.7 Å². The number of hydrogen-bond donors (Lipinski definition) is 0. The average molecular weight is 368 g/mol. The molecular weight excluding hydrogens is 351 g/mol. The number of hydrogen-bond acceptors (Lipinski definition) is 1. The van der Waals surface area contributed by atoms with E-state index in [-0.39, 0.29) is 29.9 Å². The number of alkyl halides is 3. The highest BCUT2D eigenvalue weighted by molar-refractivity contribution is 6.31. The Morgan fingerprint density at radius 3 is 2.48 bits per heavy atom. The number of halogens is 4. The van der Waals surface area contributed by atoms with Crippen LogP contribution in [-0.4, -0.2) is 17.9 Å². The fourth-order valence-corrected chi connectivity index (χ4v) is 3.41. The molecule has 0 spiro atoms. The second-order valence-corrected chi connectivity index (χ2v) is 6.73. The summed E-state index contributed by atoms with van der Waals surface area (Å²) in [6, 6.07) is 12.7. The van der Waals surface area contributed by atoms with Gasteiger partial charge in [-0.15, -0.1) is 0 Å². The number of benzene rings is 2. The first kappa shape index (κ1) is 17.8. The van der Waals surface area contributed by atoms with Crippen LogP contribution in [0.2, 0.25) is 5.02 Å². The van der Waals surface area contributed by atoms with Gasteiger partial charge < -0.3 is 4.90 Å². The summed E-state index contributed by atoms with van der Waals surface area (Å²) in [5.74, 6) is -0.327. The molecule has 25 heavy (non-hydrogen) atoms. The van der Waals surface area contributed by atoms with Crippen LogP contribution in [0, 0.1) is 5.92 Å². The number of carbonyl (C=O) groups is 1. The molecule has 0 radical (unpaired) electrons. The van der Waals surface area contributed by atoms with Crippen LogP contribution in [0.15, 0.2) is 48.5 Å². The lowest BCUT2D eigenvalue weighted by atomic mass is 10.1. The summed E-state index contributed by atoms with van der Waals surface area (Å²) in [6.07, 6.45) is -3.76. The van der Waals surface area contributed by atoms with Crippen LogP contribution in [-0.2, 0) is 17.5 Å². The third-order valence-corrected chi connectivity index (χ3v) is 4.86. The summed E-state index contributed by atoms with van der Waals surface area (Å²) < 4.78 is 39.2. The molecule has 3 rings (SSSR count). The molecule has 2 aromatic carbocycles. The summed E-state index contributed by atoms with van der Waals surface area (Å²) in [4.78, 5) is 13.9. The summed E-state index contributed by atoms with van der Waals surface area (Å²) in [6.45, 7) is -0.0692. The Kier molecular flexibility index (Phi) is 4.78. The molecule has 1 aliphatic rings. The van der Waals surface area contributed by atoms with E-state index in [4.69, 9.17) is 11.6 Å². The fourth-order valence-electron chi connectivity index (χ4n) is 3.14. The standard InChI is InChI=1S/C19H17ClF3NO/c1-24(11-12-6-2-4-8-16(12)19(21,22)23)18(25)15-10-14(15)13-7-3-5-9-17(13)20/h2-9,14-15H,10-11H2,1H3. The Labute approximate surface area is 149 Å². The topological polar surface area (TPSA) is 20.3 Å². The maximum atomic E-state index is 13.1. The molecule has 1 fully saturated rings. The molecule has 6 heteroatoms. The molecule has 2 nitrogen and oxygen atoms in total. The largest absolute Gasteiger partial charge is 0.416 e. The lowest BCUT2D eigenvalue weighted by molar-refractivity contribution is -0.139. The smallest absolute Gasteiger partial charge is 0.341 e. The Balaban J connectivity index is 1.70. The van der Waals surface area contributed by atoms with E-state index in [0.29, 0.717) is 11.4 Å². The first-order valence-electron chi connectivity index (χ1n) is 7.93. The van der Waals surface area contributed by atoms with Gasteiger partial charge in [-0.3, -0.25) is 4.79 Å². The van der Waals surface area contributed by atoms with E-state index in [9.17, 15) is 18.0 Å². The summed E-state index contributed by atoms with van der Waals surface area (Å²) in [5, 5.41) is 0.618. The molecule has 0 heterocycles. The third-order valence-electron chi connectivity index (χ3n) is 4.52. The van der Waals surface area contributed by atoms with E-state index in [0.717, 1.165) is 11.6 Å². The lowest BCUT2D eigenvalue weighted by Crippen LogP contribution is -2.29. The molecular formula is C19H17ClF3NO. The quantitative estimate of drug-likeness (QED) is 0.734. The molecule has 2 atom stereocenters. The molecule has 1 aliphatic carbocycles. The predicted molar refractivity (Wildman–Crippen MR) is 90.2 cm³/mol. The Bertz CT molecular complexity index is 790. The van der Waals surface area contributed by atoms with Gasteiger partial charge in [-0.2, -0.15) is 13.2 Å². The van der Waals surface area contributed by atoms with Crippen LogP contribution in [0.25, 0.3) is 0 Å². The van der Waals surface area contributed by atoms with E-state index in [1.807, 2.05) is 18.2 Å². The Morgan fingerprint density at radius 2 is 1.80 bits per heavy atom. The average Bonchev–Trinajstić information content (AvgIpc) is 3.34. The van der Waals surface area contributed by atoms with Gasteiger partial charge in [-0.25, -0.2) is 0 Å².